The van der Waals surface area contributed by atoms with Gasteiger partial charge in [-0.15, -0.1) is 0 Å². The molecule has 7 nitrogen and oxygen atoms in total. The van der Waals surface area contributed by atoms with Gasteiger partial charge in [0.1, 0.15) is 0 Å². The molecule has 0 aliphatic rings. The minimum absolute atomic E-state index is 0.143. The fraction of sp³-hybridized carbons (Fsp3) is 0.240. The fourth-order valence-corrected chi connectivity index (χ4v) is 3.75. The Hall–Kier alpha value is -3.87. The van der Waals surface area contributed by atoms with Gasteiger partial charge in [0.05, 0.1) is 28.9 Å². The van der Waals surface area contributed by atoms with Crippen molar-refractivity contribution in [1.82, 2.24) is 14.1 Å². The summed E-state index contributed by atoms with van der Waals surface area (Å²) in [5, 5.41) is 4.41. The number of rotatable bonds is 6. The average Bonchev–Trinajstić information content (AvgIpc) is 3.23. The van der Waals surface area contributed by atoms with Crippen LogP contribution in [0.4, 0.5) is 5.95 Å². The lowest BCUT2D eigenvalue weighted by Gasteiger charge is -2.11. The standard InChI is InChI=1S/C25H27N5O2/c1-16(2)32-24(31)19-10-12-21(13-11-19)30-17(3)14-20(18(30)4)15-26-28-25-27-22-8-6-7-9-23(22)29(25)5/h6-16H,1-5H3,(H,27,28)/b26-15-. The van der Waals surface area contributed by atoms with Gasteiger partial charge < -0.3 is 13.9 Å². The molecule has 0 aliphatic carbocycles. The van der Waals surface area contributed by atoms with Crippen LogP contribution in [0.3, 0.4) is 0 Å². The van der Waals surface area contributed by atoms with Crippen LogP contribution in [0.25, 0.3) is 16.7 Å². The number of aryl methyl sites for hydroxylation is 2. The second-order valence-electron chi connectivity index (χ2n) is 8.02. The van der Waals surface area contributed by atoms with E-state index in [4.69, 9.17) is 4.74 Å². The maximum Gasteiger partial charge on any atom is 0.338 e. The first-order chi connectivity index (χ1) is 15.3. The number of aromatic nitrogens is 3. The molecular weight excluding hydrogens is 402 g/mol. The Kier molecular flexibility index (Phi) is 5.81. The summed E-state index contributed by atoms with van der Waals surface area (Å²) in [5.41, 5.74) is 9.65. The van der Waals surface area contributed by atoms with E-state index in [2.05, 4.69) is 26.1 Å². The van der Waals surface area contributed by atoms with Crippen LogP contribution in [0, 0.1) is 13.8 Å². The Morgan fingerprint density at radius 1 is 1.12 bits per heavy atom. The quantitative estimate of drug-likeness (QED) is 0.266. The topological polar surface area (TPSA) is 73.4 Å². The highest BCUT2D eigenvalue weighted by Crippen LogP contribution is 2.21. The zero-order chi connectivity index (χ0) is 22.8. The number of anilines is 1. The zero-order valence-electron chi connectivity index (χ0n) is 19.0. The Bertz CT molecular complexity index is 1300. The van der Waals surface area contributed by atoms with Crippen LogP contribution < -0.4 is 5.43 Å². The predicted molar refractivity (Wildman–Crippen MR) is 128 cm³/mol. The molecule has 7 heteroatoms. The van der Waals surface area contributed by atoms with Crippen LogP contribution in [0.15, 0.2) is 59.7 Å². The molecule has 0 saturated carbocycles. The molecule has 2 heterocycles. The molecule has 164 valence electrons. The molecule has 4 aromatic rings. The number of benzene rings is 2. The number of nitrogens with zero attached hydrogens (tertiary/aromatic N) is 4. The predicted octanol–water partition coefficient (Wildman–Crippen LogP) is 4.99. The molecule has 0 amide bonds. The van der Waals surface area contributed by atoms with Crippen molar-refractivity contribution in [1.29, 1.82) is 0 Å². The Balaban J connectivity index is 1.54. The molecule has 0 radical (unpaired) electrons. The monoisotopic (exact) mass is 429 g/mol. The van der Waals surface area contributed by atoms with Crippen LogP contribution in [0.2, 0.25) is 0 Å². The lowest BCUT2D eigenvalue weighted by Crippen LogP contribution is -2.11. The molecule has 0 fully saturated rings. The Labute approximate surface area is 187 Å². The van der Waals surface area contributed by atoms with Gasteiger partial charge in [0, 0.05) is 29.7 Å². The van der Waals surface area contributed by atoms with Crippen LogP contribution >= 0.6 is 0 Å². The fourth-order valence-electron chi connectivity index (χ4n) is 3.75. The highest BCUT2D eigenvalue weighted by atomic mass is 16.5. The number of imidazole rings is 1. The van der Waals surface area contributed by atoms with Crippen LogP contribution in [-0.2, 0) is 11.8 Å². The summed E-state index contributed by atoms with van der Waals surface area (Å²) in [6, 6.07) is 17.5. The molecule has 0 aliphatic heterocycles. The maximum atomic E-state index is 12.1. The van der Waals surface area contributed by atoms with Gasteiger partial charge in [0.25, 0.3) is 0 Å². The van der Waals surface area contributed by atoms with Gasteiger partial charge in [0.2, 0.25) is 5.95 Å². The number of nitrogens with one attached hydrogen (secondary N) is 1. The number of para-hydroxylation sites is 2. The smallest absolute Gasteiger partial charge is 0.338 e. The second kappa shape index (κ2) is 8.70. The number of hydrogen-bond acceptors (Lipinski definition) is 5. The first kappa shape index (κ1) is 21.4. The zero-order valence-corrected chi connectivity index (χ0v) is 19.0. The number of carbonyl (C=O) groups is 1. The molecule has 2 aromatic heterocycles. The number of carbonyl (C=O) groups excluding carboxylic acids is 1. The van der Waals surface area contributed by atoms with Crippen molar-refractivity contribution in [3.05, 3.63) is 77.1 Å². The molecule has 0 spiro atoms. The van der Waals surface area contributed by atoms with Crippen molar-refractivity contribution in [2.75, 3.05) is 5.43 Å². The number of fused-ring (bicyclic) bond motifs is 1. The van der Waals surface area contributed by atoms with Crippen molar-refractivity contribution in [2.24, 2.45) is 12.1 Å². The van der Waals surface area contributed by atoms with Gasteiger partial charge in [-0.3, -0.25) is 0 Å². The molecule has 32 heavy (non-hydrogen) atoms. The Morgan fingerprint density at radius 3 is 2.53 bits per heavy atom. The van der Waals surface area contributed by atoms with Crippen molar-refractivity contribution >= 4 is 29.2 Å². The van der Waals surface area contributed by atoms with Crippen molar-refractivity contribution in [2.45, 2.75) is 33.8 Å². The van der Waals surface area contributed by atoms with E-state index in [1.54, 1.807) is 18.3 Å². The molecular formula is C25H27N5O2. The number of hydrazone groups is 1. The van der Waals surface area contributed by atoms with E-state index < -0.39 is 0 Å². The third-order valence-electron chi connectivity index (χ3n) is 5.33. The van der Waals surface area contributed by atoms with Crippen molar-refractivity contribution in [3.63, 3.8) is 0 Å². The number of esters is 1. The van der Waals surface area contributed by atoms with E-state index in [9.17, 15) is 4.79 Å². The summed E-state index contributed by atoms with van der Waals surface area (Å²) in [5.74, 6) is 0.369. The summed E-state index contributed by atoms with van der Waals surface area (Å²) >= 11 is 0. The molecule has 0 atom stereocenters. The van der Waals surface area contributed by atoms with E-state index in [1.807, 2.05) is 75.7 Å². The first-order valence-corrected chi connectivity index (χ1v) is 10.6. The van der Waals surface area contributed by atoms with E-state index in [1.165, 1.54) is 0 Å². The minimum atomic E-state index is -0.312. The minimum Gasteiger partial charge on any atom is -0.459 e. The molecule has 0 unspecified atom stereocenters. The summed E-state index contributed by atoms with van der Waals surface area (Å²) < 4.78 is 9.37. The van der Waals surface area contributed by atoms with Gasteiger partial charge in [-0.2, -0.15) is 5.10 Å². The third-order valence-corrected chi connectivity index (χ3v) is 5.33. The lowest BCUT2D eigenvalue weighted by atomic mass is 10.2. The third kappa shape index (κ3) is 4.14. The summed E-state index contributed by atoms with van der Waals surface area (Å²) in [4.78, 5) is 16.7. The molecule has 4 rings (SSSR count). The van der Waals surface area contributed by atoms with Gasteiger partial charge in [0.15, 0.2) is 0 Å². The molecule has 0 bridgehead atoms. The summed E-state index contributed by atoms with van der Waals surface area (Å²) in [6.45, 7) is 7.77. The molecule has 1 N–H and O–H groups in total. The van der Waals surface area contributed by atoms with E-state index in [-0.39, 0.29) is 12.1 Å². The van der Waals surface area contributed by atoms with Crippen molar-refractivity contribution in [3.8, 4) is 5.69 Å². The average molecular weight is 430 g/mol. The highest BCUT2D eigenvalue weighted by molar-refractivity contribution is 5.89. The van der Waals surface area contributed by atoms with Crippen LogP contribution in [0.1, 0.15) is 41.2 Å². The SMILES string of the molecule is Cc1cc(/C=N\Nc2nc3ccccc3n2C)c(C)n1-c1ccc(C(=O)OC(C)C)cc1. The highest BCUT2D eigenvalue weighted by Gasteiger charge is 2.13. The van der Waals surface area contributed by atoms with Gasteiger partial charge >= 0.3 is 5.97 Å². The number of ether oxygens (including phenoxy) is 1. The van der Waals surface area contributed by atoms with Crippen LogP contribution in [-0.4, -0.2) is 32.4 Å². The number of hydrogen-bond donors (Lipinski definition) is 1. The first-order valence-electron chi connectivity index (χ1n) is 10.6. The summed E-state index contributed by atoms with van der Waals surface area (Å²) in [6.07, 6.45) is 1.66. The van der Waals surface area contributed by atoms with Gasteiger partial charge in [-0.05, 0) is 70.2 Å². The normalized spacial score (nSPS) is 11.6. The Morgan fingerprint density at radius 2 is 1.84 bits per heavy atom. The second-order valence-corrected chi connectivity index (χ2v) is 8.02. The van der Waals surface area contributed by atoms with E-state index in [0.717, 1.165) is 33.7 Å². The largest absolute Gasteiger partial charge is 0.459 e. The van der Waals surface area contributed by atoms with E-state index in [0.29, 0.717) is 11.5 Å². The molecule has 2 aromatic carbocycles. The van der Waals surface area contributed by atoms with Gasteiger partial charge in [-0.1, -0.05) is 12.1 Å². The van der Waals surface area contributed by atoms with E-state index >= 15 is 0 Å². The van der Waals surface area contributed by atoms with Crippen LogP contribution in [0.5, 0.6) is 0 Å². The molecule has 0 saturated heterocycles. The van der Waals surface area contributed by atoms with Crippen molar-refractivity contribution < 1.29 is 9.53 Å². The summed E-state index contributed by atoms with van der Waals surface area (Å²) in [7, 11) is 1.96. The maximum absolute atomic E-state index is 12.1. The lowest BCUT2D eigenvalue weighted by molar-refractivity contribution is 0.0378. The van der Waals surface area contributed by atoms with Gasteiger partial charge in [-0.25, -0.2) is 15.2 Å².